The molecule has 3 rings (SSSR count). The smallest absolute Gasteiger partial charge is 0.331 e. The van der Waals surface area contributed by atoms with Crippen LogP contribution in [0.2, 0.25) is 0 Å². The first kappa shape index (κ1) is 42.6. The Morgan fingerprint density at radius 1 is 0.830 bits per heavy atom. The van der Waals surface area contributed by atoms with Crippen LogP contribution in [0.3, 0.4) is 0 Å². The number of urea groups is 1. The molecule has 5 amide bonds. The van der Waals surface area contributed by atoms with Gasteiger partial charge in [-0.1, -0.05) is 74.5 Å². The molecule has 1 fully saturated rings. The molecule has 0 aliphatic carbocycles. The van der Waals surface area contributed by atoms with E-state index in [1.807, 2.05) is 74.5 Å². The number of hydrogen-bond acceptors (Lipinski definition) is 9. The van der Waals surface area contributed by atoms with E-state index in [9.17, 15) is 28.8 Å². The second-order valence-electron chi connectivity index (χ2n) is 14.3. The minimum Gasteiger partial charge on any atom is -0.467 e. The van der Waals surface area contributed by atoms with Crippen LogP contribution in [0.15, 0.2) is 60.7 Å². The third-order valence-corrected chi connectivity index (χ3v) is 9.63. The number of unbranched alkanes of at least 4 members (excludes halogenated alkanes) is 1. The minimum absolute atomic E-state index is 0.0395. The number of amides is 5. The number of nitrogens with zero attached hydrogens (tertiary/aromatic N) is 1. The molecule has 0 radical (unpaired) electrons. The van der Waals surface area contributed by atoms with Crippen LogP contribution in [0, 0.1) is 11.8 Å². The van der Waals surface area contributed by atoms with Crippen LogP contribution in [0.4, 0.5) is 4.79 Å². The topological polar surface area (TPSA) is 229 Å². The number of nitrogens with two attached hydrogens (primary N) is 3. The number of likely N-dealkylation sites (tertiary alicyclic amines) is 1. The van der Waals surface area contributed by atoms with E-state index >= 15 is 0 Å². The highest BCUT2D eigenvalue weighted by Crippen LogP contribution is 2.26. The molecule has 290 valence electrons. The lowest BCUT2D eigenvalue weighted by Crippen LogP contribution is -2.63. The molecule has 1 aliphatic heterocycles. The van der Waals surface area contributed by atoms with Crippen molar-refractivity contribution in [3.8, 4) is 0 Å². The van der Waals surface area contributed by atoms with Crippen LogP contribution in [-0.2, 0) is 41.6 Å². The standard InChI is InChI=1S/C39H57N7O7/c1-26(2)22-29(25-33(47)32(24-28-14-8-5-9-15-28)44-35(49)30(41)23-27-12-6-4-7-13-27)34(48)43-31(16-10-11-19-40)36(50)46-20-17-39(18-21-46,37(51)53-3)45-38(42)52/h4-9,12-15,26,29-32H,10-11,16-25,40-41H2,1-3H3,(H,43,48)(H,44,49)(H3,42,45,52)/t29-,30+,31+,32+/m0/s1. The summed E-state index contributed by atoms with van der Waals surface area (Å²) in [5, 5.41) is 8.29. The van der Waals surface area contributed by atoms with E-state index in [1.54, 1.807) is 4.90 Å². The van der Waals surface area contributed by atoms with Crippen molar-refractivity contribution in [3.05, 3.63) is 71.8 Å². The Kier molecular flexibility index (Phi) is 16.9. The van der Waals surface area contributed by atoms with Crippen LogP contribution >= 0.6 is 0 Å². The van der Waals surface area contributed by atoms with Crippen LogP contribution in [0.5, 0.6) is 0 Å². The molecular formula is C39H57N7O7. The molecule has 0 spiro atoms. The van der Waals surface area contributed by atoms with Crippen molar-refractivity contribution < 1.29 is 33.5 Å². The molecule has 2 aromatic rings. The first-order valence-corrected chi connectivity index (χ1v) is 18.4. The number of ether oxygens (including phenoxy) is 1. The molecule has 0 aromatic heterocycles. The number of piperidine rings is 1. The van der Waals surface area contributed by atoms with Gasteiger partial charge in [-0.05, 0) is 75.0 Å². The van der Waals surface area contributed by atoms with Gasteiger partial charge >= 0.3 is 12.0 Å². The van der Waals surface area contributed by atoms with Crippen LogP contribution in [0.25, 0.3) is 0 Å². The summed E-state index contributed by atoms with van der Waals surface area (Å²) in [5.41, 5.74) is 17.7. The van der Waals surface area contributed by atoms with Gasteiger partial charge in [0.1, 0.15) is 11.6 Å². The number of ketones is 1. The SMILES string of the molecule is COC(=O)C1(NC(N)=O)CCN(C(=O)[C@@H](CCCCN)NC(=O)[C@H](CC(=O)[C@@H](Cc2ccccc2)NC(=O)[C@H](N)Cc2ccccc2)CC(C)C)CC1. The molecule has 0 unspecified atom stereocenters. The number of nitrogens with one attached hydrogen (secondary N) is 3. The van der Waals surface area contributed by atoms with Crippen molar-refractivity contribution in [2.75, 3.05) is 26.7 Å². The fraction of sp³-hybridized carbons (Fsp3) is 0.538. The molecule has 14 nitrogen and oxygen atoms in total. The molecule has 9 N–H and O–H groups in total. The summed E-state index contributed by atoms with van der Waals surface area (Å²) < 4.78 is 4.91. The lowest BCUT2D eigenvalue weighted by molar-refractivity contribution is -0.152. The largest absolute Gasteiger partial charge is 0.467 e. The Hall–Kier alpha value is -4.82. The number of rotatable bonds is 20. The zero-order chi connectivity index (χ0) is 39.0. The molecule has 53 heavy (non-hydrogen) atoms. The summed E-state index contributed by atoms with van der Waals surface area (Å²) in [5.74, 6) is -2.98. The van der Waals surface area contributed by atoms with E-state index in [0.717, 1.165) is 11.1 Å². The van der Waals surface area contributed by atoms with Crippen LogP contribution < -0.4 is 33.2 Å². The average Bonchev–Trinajstić information content (AvgIpc) is 3.13. The monoisotopic (exact) mass is 735 g/mol. The van der Waals surface area contributed by atoms with E-state index in [2.05, 4.69) is 16.0 Å². The van der Waals surface area contributed by atoms with Crippen LogP contribution in [0.1, 0.15) is 69.9 Å². The molecule has 1 saturated heterocycles. The third kappa shape index (κ3) is 13.3. The molecule has 0 bridgehead atoms. The van der Waals surface area contributed by atoms with E-state index in [0.29, 0.717) is 38.6 Å². The number of Topliss-reactive ketones (excluding diaryl/α,β-unsaturated/α-hetero) is 1. The Labute approximate surface area is 312 Å². The summed E-state index contributed by atoms with van der Waals surface area (Å²) in [6, 6.07) is 15.0. The number of esters is 1. The van der Waals surface area contributed by atoms with E-state index < -0.39 is 53.4 Å². The second kappa shape index (κ2) is 21.0. The highest BCUT2D eigenvalue weighted by atomic mass is 16.5. The van der Waals surface area contributed by atoms with Gasteiger partial charge in [0.05, 0.1) is 19.2 Å². The molecule has 1 aliphatic rings. The fourth-order valence-corrected chi connectivity index (χ4v) is 6.75. The second-order valence-corrected chi connectivity index (χ2v) is 14.3. The predicted octanol–water partition coefficient (Wildman–Crippen LogP) is 1.72. The highest BCUT2D eigenvalue weighted by Gasteiger charge is 2.45. The third-order valence-electron chi connectivity index (χ3n) is 9.63. The van der Waals surface area contributed by atoms with Gasteiger partial charge < -0.3 is 42.8 Å². The lowest BCUT2D eigenvalue weighted by Gasteiger charge is -2.40. The van der Waals surface area contributed by atoms with Crippen molar-refractivity contribution >= 4 is 35.5 Å². The van der Waals surface area contributed by atoms with Crippen molar-refractivity contribution in [2.24, 2.45) is 29.0 Å². The first-order valence-electron chi connectivity index (χ1n) is 18.4. The zero-order valence-corrected chi connectivity index (χ0v) is 31.2. The van der Waals surface area contributed by atoms with Crippen LogP contribution in [-0.4, -0.2) is 90.8 Å². The maximum absolute atomic E-state index is 14.1. The summed E-state index contributed by atoms with van der Waals surface area (Å²) in [7, 11) is 1.21. The Morgan fingerprint density at radius 3 is 1.92 bits per heavy atom. The minimum atomic E-state index is -1.37. The maximum atomic E-state index is 14.1. The molecule has 14 heteroatoms. The Balaban J connectivity index is 1.78. The average molecular weight is 736 g/mol. The number of carbonyl (C=O) groups excluding carboxylic acids is 6. The summed E-state index contributed by atoms with van der Waals surface area (Å²) in [6.07, 6.45) is 2.37. The quantitative estimate of drug-likeness (QED) is 0.0858. The number of benzene rings is 2. The van der Waals surface area contributed by atoms with Gasteiger partial charge in [0.15, 0.2) is 5.78 Å². The van der Waals surface area contributed by atoms with Crippen molar-refractivity contribution in [1.82, 2.24) is 20.9 Å². The van der Waals surface area contributed by atoms with Crippen molar-refractivity contribution in [1.29, 1.82) is 0 Å². The van der Waals surface area contributed by atoms with E-state index in [4.69, 9.17) is 21.9 Å². The van der Waals surface area contributed by atoms with Gasteiger partial charge in [-0.3, -0.25) is 19.2 Å². The summed E-state index contributed by atoms with van der Waals surface area (Å²) >= 11 is 0. The number of carbonyl (C=O) groups is 6. The van der Waals surface area contributed by atoms with Gasteiger partial charge in [-0.25, -0.2) is 9.59 Å². The number of methoxy groups -OCH3 is 1. The number of primary amides is 1. The van der Waals surface area contributed by atoms with Gasteiger partial charge in [0, 0.05) is 25.4 Å². The molecule has 1 heterocycles. The van der Waals surface area contributed by atoms with Crippen molar-refractivity contribution in [2.45, 2.75) is 95.3 Å². The van der Waals surface area contributed by atoms with E-state index in [-0.39, 0.29) is 56.4 Å². The molecule has 4 atom stereocenters. The highest BCUT2D eigenvalue weighted by molar-refractivity contribution is 5.95. The lowest BCUT2D eigenvalue weighted by atomic mass is 9.86. The summed E-state index contributed by atoms with van der Waals surface area (Å²) in [4.78, 5) is 81.2. The zero-order valence-electron chi connectivity index (χ0n) is 31.2. The Bertz CT molecular complexity index is 1510. The number of hydrogen-bond donors (Lipinski definition) is 6. The van der Waals surface area contributed by atoms with Gasteiger partial charge in [0.2, 0.25) is 17.7 Å². The fourth-order valence-electron chi connectivity index (χ4n) is 6.75. The van der Waals surface area contributed by atoms with Crippen molar-refractivity contribution in [3.63, 3.8) is 0 Å². The Morgan fingerprint density at radius 2 is 1.40 bits per heavy atom. The van der Waals surface area contributed by atoms with E-state index in [1.165, 1.54) is 7.11 Å². The van der Waals surface area contributed by atoms with Gasteiger partial charge in [0.25, 0.3) is 0 Å². The maximum Gasteiger partial charge on any atom is 0.331 e. The van der Waals surface area contributed by atoms with Gasteiger partial charge in [-0.15, -0.1) is 0 Å². The predicted molar refractivity (Wildman–Crippen MR) is 201 cm³/mol. The molecule has 2 aromatic carbocycles. The van der Waals surface area contributed by atoms with Gasteiger partial charge in [-0.2, -0.15) is 0 Å². The first-order chi connectivity index (χ1) is 25.3. The molecular weight excluding hydrogens is 678 g/mol. The molecule has 0 saturated carbocycles. The normalized spacial score (nSPS) is 16.1. The summed E-state index contributed by atoms with van der Waals surface area (Å²) in [6.45, 7) is 4.52.